The SMILES string of the molecule is CNC(=O)c1c(NC(=O)c2ccc(S(=O)(=O)N3CCC(C)CC3)cc2)sc2c1CCN(C(C)=O)C2. The highest BCUT2D eigenvalue weighted by atomic mass is 32.2. The zero-order valence-corrected chi connectivity index (χ0v) is 21.7. The van der Waals surface area contributed by atoms with Gasteiger partial charge in [0.2, 0.25) is 15.9 Å². The molecule has 2 aromatic rings. The summed E-state index contributed by atoms with van der Waals surface area (Å²) in [6.45, 7) is 5.54. The van der Waals surface area contributed by atoms with Crippen molar-refractivity contribution < 1.29 is 22.8 Å². The molecule has 0 spiro atoms. The molecule has 3 heterocycles. The average molecular weight is 519 g/mol. The maximum absolute atomic E-state index is 13.0. The predicted octanol–water partition coefficient (Wildman–Crippen LogP) is 2.69. The molecule has 2 aliphatic rings. The Labute approximate surface area is 209 Å². The summed E-state index contributed by atoms with van der Waals surface area (Å²) in [5, 5.41) is 5.87. The van der Waals surface area contributed by atoms with Crippen LogP contribution in [0, 0.1) is 5.92 Å². The van der Waals surface area contributed by atoms with Crippen molar-refractivity contribution in [2.24, 2.45) is 5.92 Å². The van der Waals surface area contributed by atoms with Gasteiger partial charge in [0.15, 0.2) is 0 Å². The fourth-order valence-electron chi connectivity index (χ4n) is 4.45. The Morgan fingerprint density at radius 2 is 1.69 bits per heavy atom. The number of piperidine rings is 1. The van der Waals surface area contributed by atoms with Crippen molar-refractivity contribution in [2.75, 3.05) is 32.0 Å². The first-order valence-electron chi connectivity index (χ1n) is 11.7. The third-order valence-electron chi connectivity index (χ3n) is 6.68. The van der Waals surface area contributed by atoms with Crippen molar-refractivity contribution >= 4 is 44.1 Å². The highest BCUT2D eigenvalue weighted by Gasteiger charge is 2.30. The Morgan fingerprint density at radius 3 is 2.29 bits per heavy atom. The predicted molar refractivity (Wildman–Crippen MR) is 134 cm³/mol. The third kappa shape index (κ3) is 5.12. The number of rotatable bonds is 5. The summed E-state index contributed by atoms with van der Waals surface area (Å²) in [5.74, 6) is -0.259. The number of hydrogen-bond acceptors (Lipinski definition) is 6. The second-order valence-electron chi connectivity index (χ2n) is 9.04. The Morgan fingerprint density at radius 1 is 1.03 bits per heavy atom. The molecule has 0 unspecified atom stereocenters. The molecule has 2 aliphatic heterocycles. The van der Waals surface area contributed by atoms with Crippen LogP contribution in [0.3, 0.4) is 0 Å². The van der Waals surface area contributed by atoms with E-state index < -0.39 is 15.9 Å². The molecule has 4 rings (SSSR count). The molecule has 0 bridgehead atoms. The van der Waals surface area contributed by atoms with Crippen LogP contribution < -0.4 is 10.6 Å². The van der Waals surface area contributed by atoms with Gasteiger partial charge in [0, 0.05) is 44.0 Å². The number of fused-ring (bicyclic) bond motifs is 1. The maximum atomic E-state index is 13.0. The van der Waals surface area contributed by atoms with Gasteiger partial charge < -0.3 is 15.5 Å². The molecule has 0 radical (unpaired) electrons. The molecule has 0 atom stereocenters. The Balaban J connectivity index is 1.54. The van der Waals surface area contributed by atoms with Crippen LogP contribution in [-0.4, -0.2) is 62.0 Å². The first-order valence-corrected chi connectivity index (χ1v) is 13.9. The lowest BCUT2D eigenvalue weighted by Gasteiger charge is -2.29. The topological polar surface area (TPSA) is 116 Å². The number of benzene rings is 1. The number of thiophene rings is 1. The van der Waals surface area contributed by atoms with Gasteiger partial charge in [0.1, 0.15) is 5.00 Å². The number of amides is 3. The molecule has 188 valence electrons. The second kappa shape index (κ2) is 10.1. The van der Waals surface area contributed by atoms with Gasteiger partial charge in [0.05, 0.1) is 17.0 Å². The van der Waals surface area contributed by atoms with Crippen molar-refractivity contribution in [1.82, 2.24) is 14.5 Å². The van der Waals surface area contributed by atoms with E-state index in [0.717, 1.165) is 23.3 Å². The summed E-state index contributed by atoms with van der Waals surface area (Å²) in [7, 11) is -2.07. The molecule has 35 heavy (non-hydrogen) atoms. The fourth-order valence-corrected chi connectivity index (χ4v) is 7.18. The molecular formula is C24H30N4O5S2. The van der Waals surface area contributed by atoms with Gasteiger partial charge in [-0.3, -0.25) is 14.4 Å². The summed E-state index contributed by atoms with van der Waals surface area (Å²) in [6.07, 6.45) is 2.20. The summed E-state index contributed by atoms with van der Waals surface area (Å²) in [4.78, 5) is 40.2. The molecule has 2 N–H and O–H groups in total. The average Bonchev–Trinajstić information content (AvgIpc) is 3.20. The van der Waals surface area contributed by atoms with Crippen molar-refractivity contribution in [3.8, 4) is 0 Å². The molecule has 9 nitrogen and oxygen atoms in total. The molecule has 1 saturated heterocycles. The van der Waals surface area contributed by atoms with E-state index in [0.29, 0.717) is 49.1 Å². The van der Waals surface area contributed by atoms with Crippen molar-refractivity contribution in [2.45, 2.75) is 44.6 Å². The summed E-state index contributed by atoms with van der Waals surface area (Å²) in [6, 6.07) is 5.87. The number of anilines is 1. The molecule has 1 fully saturated rings. The van der Waals surface area contributed by atoms with Crippen molar-refractivity contribution in [3.63, 3.8) is 0 Å². The molecule has 0 saturated carbocycles. The smallest absolute Gasteiger partial charge is 0.256 e. The first kappa shape index (κ1) is 25.3. The minimum absolute atomic E-state index is 0.0368. The van der Waals surface area contributed by atoms with Gasteiger partial charge >= 0.3 is 0 Å². The Bertz CT molecular complexity index is 1250. The van der Waals surface area contributed by atoms with Gasteiger partial charge in [-0.15, -0.1) is 11.3 Å². The van der Waals surface area contributed by atoms with E-state index in [2.05, 4.69) is 17.6 Å². The minimum Gasteiger partial charge on any atom is -0.355 e. The molecule has 3 amide bonds. The van der Waals surface area contributed by atoms with E-state index in [9.17, 15) is 22.8 Å². The van der Waals surface area contributed by atoms with Crippen LogP contribution in [-0.2, 0) is 27.8 Å². The number of hydrogen-bond donors (Lipinski definition) is 2. The number of sulfonamides is 1. The monoisotopic (exact) mass is 518 g/mol. The zero-order chi connectivity index (χ0) is 25.3. The first-order chi connectivity index (χ1) is 16.6. The molecule has 1 aromatic carbocycles. The quantitative estimate of drug-likeness (QED) is 0.631. The highest BCUT2D eigenvalue weighted by Crippen LogP contribution is 2.37. The third-order valence-corrected chi connectivity index (χ3v) is 9.73. The highest BCUT2D eigenvalue weighted by molar-refractivity contribution is 7.89. The fraction of sp³-hybridized carbons (Fsp3) is 0.458. The molecule has 1 aromatic heterocycles. The van der Waals surface area contributed by atoms with Crippen LogP contribution in [0.5, 0.6) is 0 Å². The summed E-state index contributed by atoms with van der Waals surface area (Å²) < 4.78 is 27.4. The summed E-state index contributed by atoms with van der Waals surface area (Å²) in [5.41, 5.74) is 1.55. The lowest BCUT2D eigenvalue weighted by Crippen LogP contribution is -2.37. The molecule has 11 heteroatoms. The molecule has 0 aliphatic carbocycles. The van der Waals surface area contributed by atoms with Gasteiger partial charge in [-0.05, 0) is 55.0 Å². The van der Waals surface area contributed by atoms with E-state index in [1.807, 2.05) is 0 Å². The number of carbonyl (C=O) groups is 3. The molecular weight excluding hydrogens is 488 g/mol. The van der Waals surface area contributed by atoms with Crippen molar-refractivity contribution in [1.29, 1.82) is 0 Å². The van der Waals surface area contributed by atoms with E-state index in [1.165, 1.54) is 53.9 Å². The largest absolute Gasteiger partial charge is 0.355 e. The van der Waals surface area contributed by atoms with Crippen LogP contribution >= 0.6 is 11.3 Å². The van der Waals surface area contributed by atoms with E-state index >= 15 is 0 Å². The van der Waals surface area contributed by atoms with Crippen LogP contribution in [0.1, 0.15) is 57.8 Å². The standard InChI is InChI=1S/C24H30N4O5S2/c1-15-8-12-28(13-9-15)35(32,33)18-6-4-17(5-7-18)22(30)26-24-21(23(31)25-3)19-10-11-27(16(2)29)14-20(19)34-24/h4-7,15H,8-14H2,1-3H3,(H,25,31)(H,26,30). The lowest BCUT2D eigenvalue weighted by molar-refractivity contribution is -0.129. The lowest BCUT2D eigenvalue weighted by atomic mass is 10.0. The van der Waals surface area contributed by atoms with Gasteiger partial charge in [-0.2, -0.15) is 4.31 Å². The Kier molecular flexibility index (Phi) is 7.30. The van der Waals surface area contributed by atoms with Gasteiger partial charge in [0.25, 0.3) is 11.8 Å². The normalized spacial score (nSPS) is 17.1. The van der Waals surface area contributed by atoms with Crippen LogP contribution in [0.2, 0.25) is 0 Å². The minimum atomic E-state index is -3.60. The van der Waals surface area contributed by atoms with Crippen LogP contribution in [0.4, 0.5) is 5.00 Å². The zero-order valence-electron chi connectivity index (χ0n) is 20.1. The van der Waals surface area contributed by atoms with Gasteiger partial charge in [-0.25, -0.2) is 8.42 Å². The van der Waals surface area contributed by atoms with Crippen molar-refractivity contribution in [3.05, 3.63) is 45.8 Å². The van der Waals surface area contributed by atoms with Crippen LogP contribution in [0.15, 0.2) is 29.2 Å². The van der Waals surface area contributed by atoms with E-state index in [-0.39, 0.29) is 22.3 Å². The summed E-state index contributed by atoms with van der Waals surface area (Å²) >= 11 is 1.29. The number of nitrogens with one attached hydrogen (secondary N) is 2. The van der Waals surface area contributed by atoms with E-state index in [4.69, 9.17) is 0 Å². The van der Waals surface area contributed by atoms with Gasteiger partial charge in [-0.1, -0.05) is 6.92 Å². The second-order valence-corrected chi connectivity index (χ2v) is 12.1. The number of carbonyl (C=O) groups excluding carboxylic acids is 3. The van der Waals surface area contributed by atoms with E-state index in [1.54, 1.807) is 4.90 Å². The Hall–Kier alpha value is -2.76. The maximum Gasteiger partial charge on any atom is 0.256 e. The number of nitrogens with zero attached hydrogens (tertiary/aromatic N) is 2. The van der Waals surface area contributed by atoms with Crippen LogP contribution in [0.25, 0.3) is 0 Å².